The van der Waals surface area contributed by atoms with Crippen LogP contribution in [0.1, 0.15) is 24.8 Å². The van der Waals surface area contributed by atoms with Crippen molar-refractivity contribution in [3.63, 3.8) is 0 Å². The van der Waals surface area contributed by atoms with E-state index in [1.54, 1.807) is 21.3 Å². The van der Waals surface area contributed by atoms with E-state index in [1.165, 1.54) is 12.8 Å². The number of ether oxygens (including phenoxy) is 3. The number of hydrogen-bond donors (Lipinski definition) is 2. The fourth-order valence-electron chi connectivity index (χ4n) is 2.53. The second-order valence-corrected chi connectivity index (χ2v) is 6.23. The van der Waals surface area contributed by atoms with E-state index in [0.29, 0.717) is 0 Å². The maximum atomic E-state index is 5.63. The second kappa shape index (κ2) is 13.0. The van der Waals surface area contributed by atoms with Gasteiger partial charge in [0.2, 0.25) is 0 Å². The largest absolute Gasteiger partial charge is 0.497 e. The maximum Gasteiger partial charge on any atom is 0.190 e. The molecule has 0 saturated heterocycles. The molecule has 148 valence electrons. The molecule has 6 nitrogen and oxygen atoms in total. The van der Waals surface area contributed by atoms with Crippen LogP contribution in [0.15, 0.2) is 23.2 Å². The van der Waals surface area contributed by atoms with E-state index in [1.807, 2.05) is 18.2 Å². The van der Waals surface area contributed by atoms with Gasteiger partial charge in [-0.15, -0.1) is 24.0 Å². The molecular formula is C19H32IN3O3. The van der Waals surface area contributed by atoms with Crippen molar-refractivity contribution in [1.29, 1.82) is 0 Å². The Morgan fingerprint density at radius 3 is 2.58 bits per heavy atom. The van der Waals surface area contributed by atoms with Crippen LogP contribution in [0.25, 0.3) is 0 Å². The zero-order valence-corrected chi connectivity index (χ0v) is 18.4. The molecular weight excluding hydrogens is 445 g/mol. The van der Waals surface area contributed by atoms with Crippen LogP contribution in [0.3, 0.4) is 0 Å². The van der Waals surface area contributed by atoms with Crippen molar-refractivity contribution in [1.82, 2.24) is 10.6 Å². The van der Waals surface area contributed by atoms with Gasteiger partial charge in [-0.2, -0.15) is 0 Å². The van der Waals surface area contributed by atoms with Crippen molar-refractivity contribution >= 4 is 29.9 Å². The molecule has 1 aliphatic rings. The first-order valence-electron chi connectivity index (χ1n) is 9.00. The van der Waals surface area contributed by atoms with Gasteiger partial charge in [0.25, 0.3) is 0 Å². The zero-order valence-electron chi connectivity index (χ0n) is 16.0. The normalized spacial score (nSPS) is 13.7. The summed E-state index contributed by atoms with van der Waals surface area (Å²) in [5, 5.41) is 6.64. The van der Waals surface area contributed by atoms with Crippen molar-refractivity contribution in [3.8, 4) is 11.5 Å². The standard InChI is InChI=1S/C19H31N3O3.HI/c1-20-19(21-10-4-12-25-14-15-5-6-15)22-11-9-16-13-17(23-2)7-8-18(16)24-3;/h7-8,13,15H,4-6,9-12,14H2,1-3H3,(H2,20,21,22);1H. The molecule has 0 amide bonds. The highest BCUT2D eigenvalue weighted by Crippen LogP contribution is 2.28. The third kappa shape index (κ3) is 8.44. The molecule has 0 atom stereocenters. The van der Waals surface area contributed by atoms with E-state index >= 15 is 0 Å². The van der Waals surface area contributed by atoms with Crippen LogP contribution >= 0.6 is 24.0 Å². The molecule has 1 saturated carbocycles. The monoisotopic (exact) mass is 477 g/mol. The maximum absolute atomic E-state index is 5.63. The number of aliphatic imine (C=N–C) groups is 1. The van der Waals surface area contributed by atoms with E-state index in [0.717, 1.165) is 68.1 Å². The van der Waals surface area contributed by atoms with Crippen LogP contribution in [0.4, 0.5) is 0 Å². The number of rotatable bonds is 11. The van der Waals surface area contributed by atoms with E-state index in [-0.39, 0.29) is 24.0 Å². The zero-order chi connectivity index (χ0) is 17.9. The quantitative estimate of drug-likeness (QED) is 0.222. The Kier molecular flexibility index (Phi) is 11.4. The van der Waals surface area contributed by atoms with Crippen molar-refractivity contribution in [2.75, 3.05) is 47.6 Å². The van der Waals surface area contributed by atoms with E-state index in [2.05, 4.69) is 15.6 Å². The lowest BCUT2D eigenvalue weighted by Crippen LogP contribution is -2.39. The first-order chi connectivity index (χ1) is 12.3. The first-order valence-corrected chi connectivity index (χ1v) is 9.00. The van der Waals surface area contributed by atoms with Crippen LogP contribution in [0.2, 0.25) is 0 Å². The highest BCUT2D eigenvalue weighted by atomic mass is 127. The molecule has 1 aromatic carbocycles. The van der Waals surface area contributed by atoms with Gasteiger partial charge < -0.3 is 24.8 Å². The molecule has 1 aromatic rings. The fourth-order valence-corrected chi connectivity index (χ4v) is 2.53. The molecule has 0 spiro atoms. The summed E-state index contributed by atoms with van der Waals surface area (Å²) in [6.45, 7) is 3.35. The molecule has 0 aromatic heterocycles. The lowest BCUT2D eigenvalue weighted by molar-refractivity contribution is 0.123. The summed E-state index contributed by atoms with van der Waals surface area (Å²) in [5.41, 5.74) is 1.11. The minimum atomic E-state index is 0. The van der Waals surface area contributed by atoms with Gasteiger partial charge in [-0.3, -0.25) is 4.99 Å². The third-order valence-electron chi connectivity index (χ3n) is 4.21. The summed E-state index contributed by atoms with van der Waals surface area (Å²) in [4.78, 5) is 4.25. The summed E-state index contributed by atoms with van der Waals surface area (Å²) >= 11 is 0. The summed E-state index contributed by atoms with van der Waals surface area (Å²) in [6.07, 6.45) is 4.49. The summed E-state index contributed by atoms with van der Waals surface area (Å²) < 4.78 is 16.3. The molecule has 0 unspecified atom stereocenters. The predicted octanol–water partition coefficient (Wildman–Crippen LogP) is 2.85. The minimum Gasteiger partial charge on any atom is -0.497 e. The fraction of sp³-hybridized carbons (Fsp3) is 0.632. The highest BCUT2D eigenvalue weighted by molar-refractivity contribution is 14.0. The topological polar surface area (TPSA) is 64.1 Å². The molecule has 7 heteroatoms. The molecule has 1 fully saturated rings. The van der Waals surface area contributed by atoms with E-state index < -0.39 is 0 Å². The summed E-state index contributed by atoms with van der Waals surface area (Å²) in [7, 11) is 5.14. The molecule has 0 bridgehead atoms. The summed E-state index contributed by atoms with van der Waals surface area (Å²) in [5.74, 6) is 3.35. The Bertz CT molecular complexity index is 551. The van der Waals surface area contributed by atoms with E-state index in [4.69, 9.17) is 14.2 Å². The van der Waals surface area contributed by atoms with Crippen molar-refractivity contribution in [2.24, 2.45) is 10.9 Å². The Morgan fingerprint density at radius 2 is 1.92 bits per heavy atom. The number of guanidine groups is 1. The SMILES string of the molecule is CN=C(NCCCOCC1CC1)NCCc1cc(OC)ccc1OC.I. The molecule has 2 rings (SSSR count). The minimum absolute atomic E-state index is 0. The molecule has 0 aliphatic heterocycles. The average Bonchev–Trinajstić information content (AvgIpc) is 3.47. The highest BCUT2D eigenvalue weighted by Gasteiger charge is 2.20. The molecule has 26 heavy (non-hydrogen) atoms. The first kappa shape index (κ1) is 22.8. The van der Waals surface area contributed by atoms with Gasteiger partial charge >= 0.3 is 0 Å². The van der Waals surface area contributed by atoms with Crippen molar-refractivity contribution in [2.45, 2.75) is 25.7 Å². The van der Waals surface area contributed by atoms with Crippen LogP contribution < -0.4 is 20.1 Å². The van der Waals surface area contributed by atoms with Crippen molar-refractivity contribution < 1.29 is 14.2 Å². The Labute approximate surface area is 174 Å². The Morgan fingerprint density at radius 1 is 1.15 bits per heavy atom. The van der Waals surface area contributed by atoms with Crippen LogP contribution in [-0.2, 0) is 11.2 Å². The van der Waals surface area contributed by atoms with Crippen LogP contribution in [-0.4, -0.2) is 53.5 Å². The van der Waals surface area contributed by atoms with Gasteiger partial charge in [0, 0.05) is 33.4 Å². The van der Waals surface area contributed by atoms with Gasteiger partial charge in [-0.05, 0) is 55.4 Å². The predicted molar refractivity (Wildman–Crippen MR) is 116 cm³/mol. The number of nitrogens with zero attached hydrogens (tertiary/aromatic N) is 1. The van der Waals surface area contributed by atoms with Gasteiger partial charge in [0.1, 0.15) is 11.5 Å². The number of benzene rings is 1. The summed E-state index contributed by atoms with van der Waals surface area (Å²) in [6, 6.07) is 5.85. The van der Waals surface area contributed by atoms with Crippen LogP contribution in [0, 0.1) is 5.92 Å². The third-order valence-corrected chi connectivity index (χ3v) is 4.21. The van der Waals surface area contributed by atoms with Gasteiger partial charge in [0.15, 0.2) is 5.96 Å². The van der Waals surface area contributed by atoms with Crippen LogP contribution in [0.5, 0.6) is 11.5 Å². The van der Waals surface area contributed by atoms with E-state index in [9.17, 15) is 0 Å². The Balaban J connectivity index is 0.00000338. The Hall–Kier alpha value is -1.22. The second-order valence-electron chi connectivity index (χ2n) is 6.23. The molecule has 2 N–H and O–H groups in total. The average molecular weight is 477 g/mol. The van der Waals surface area contributed by atoms with Crippen molar-refractivity contribution in [3.05, 3.63) is 23.8 Å². The molecule has 1 aliphatic carbocycles. The number of halogens is 1. The number of nitrogens with one attached hydrogen (secondary N) is 2. The lowest BCUT2D eigenvalue weighted by atomic mass is 10.1. The van der Waals surface area contributed by atoms with Gasteiger partial charge in [0.05, 0.1) is 14.2 Å². The van der Waals surface area contributed by atoms with Gasteiger partial charge in [-0.1, -0.05) is 0 Å². The lowest BCUT2D eigenvalue weighted by Gasteiger charge is -2.14. The van der Waals surface area contributed by atoms with Gasteiger partial charge in [-0.25, -0.2) is 0 Å². The number of methoxy groups -OCH3 is 2. The molecule has 0 heterocycles. The smallest absolute Gasteiger partial charge is 0.190 e. The number of hydrogen-bond acceptors (Lipinski definition) is 4. The molecule has 0 radical (unpaired) electrons.